The lowest BCUT2D eigenvalue weighted by molar-refractivity contribution is -0.119. The Bertz CT molecular complexity index is 1200. The second kappa shape index (κ2) is 12.1. The fourth-order valence-corrected chi connectivity index (χ4v) is 5.03. The van der Waals surface area contributed by atoms with Crippen molar-refractivity contribution in [2.75, 3.05) is 24.0 Å². The van der Waals surface area contributed by atoms with Crippen molar-refractivity contribution in [3.05, 3.63) is 88.4 Å². The lowest BCUT2D eigenvalue weighted by Gasteiger charge is -2.24. The molecule has 0 aliphatic rings. The van der Waals surface area contributed by atoms with Crippen molar-refractivity contribution in [1.29, 1.82) is 0 Å². The van der Waals surface area contributed by atoms with Gasteiger partial charge in [0.1, 0.15) is 12.3 Å². The van der Waals surface area contributed by atoms with Gasteiger partial charge in [-0.3, -0.25) is 9.10 Å². The van der Waals surface area contributed by atoms with Gasteiger partial charge in [-0.05, 0) is 79.9 Å². The van der Waals surface area contributed by atoms with E-state index in [1.54, 1.807) is 18.2 Å². The molecule has 0 fully saturated rings. The van der Waals surface area contributed by atoms with Crippen LogP contribution >= 0.6 is 23.2 Å². The Morgan fingerprint density at radius 3 is 2.32 bits per heavy atom. The van der Waals surface area contributed by atoms with Crippen LogP contribution in [0.1, 0.15) is 18.9 Å². The van der Waals surface area contributed by atoms with Crippen molar-refractivity contribution < 1.29 is 17.9 Å². The smallest absolute Gasteiger partial charge is 0.264 e. The molecule has 3 aromatic carbocycles. The largest absolute Gasteiger partial charge is 0.494 e. The number of carbonyl (C=O) groups is 1. The average Bonchev–Trinajstić information content (AvgIpc) is 2.82. The van der Waals surface area contributed by atoms with Gasteiger partial charge in [-0.25, -0.2) is 8.42 Å². The van der Waals surface area contributed by atoms with E-state index in [0.717, 1.165) is 22.0 Å². The van der Waals surface area contributed by atoms with Crippen LogP contribution in [0.5, 0.6) is 5.75 Å². The van der Waals surface area contributed by atoms with Crippen LogP contribution in [0.2, 0.25) is 10.0 Å². The molecule has 1 amide bonds. The van der Waals surface area contributed by atoms with Crippen molar-refractivity contribution >= 4 is 44.8 Å². The topological polar surface area (TPSA) is 75.7 Å². The Labute approximate surface area is 210 Å². The summed E-state index contributed by atoms with van der Waals surface area (Å²) in [4.78, 5) is 12.7. The van der Waals surface area contributed by atoms with Gasteiger partial charge in [-0.2, -0.15) is 0 Å². The SMILES string of the molecule is CCOc1ccc(CCCNC(=O)CN(c2cccc(Cl)c2)S(=O)(=O)c2ccc(Cl)cc2)cc1. The Kier molecular flexibility index (Phi) is 9.21. The Morgan fingerprint density at radius 1 is 0.971 bits per heavy atom. The number of sulfonamides is 1. The van der Waals surface area contributed by atoms with Gasteiger partial charge in [0.15, 0.2) is 0 Å². The third-order valence-electron chi connectivity index (χ3n) is 4.98. The van der Waals surface area contributed by atoms with E-state index in [1.165, 1.54) is 30.3 Å². The quantitative estimate of drug-likeness (QED) is 0.346. The van der Waals surface area contributed by atoms with E-state index in [4.69, 9.17) is 27.9 Å². The highest BCUT2D eigenvalue weighted by Crippen LogP contribution is 2.26. The molecule has 0 heterocycles. The van der Waals surface area contributed by atoms with Gasteiger partial charge in [-0.1, -0.05) is 41.4 Å². The van der Waals surface area contributed by atoms with E-state index in [0.29, 0.717) is 35.3 Å². The van der Waals surface area contributed by atoms with Gasteiger partial charge >= 0.3 is 0 Å². The standard InChI is InChI=1S/C25H26Cl2N2O4S/c1-2-33-23-12-8-19(9-13-23)5-4-16-28-25(30)18-29(22-7-3-6-21(27)17-22)34(31,32)24-14-10-20(26)11-15-24/h3,6-15,17H,2,4-5,16,18H2,1H3,(H,28,30). The molecule has 0 bridgehead atoms. The zero-order valence-corrected chi connectivity index (χ0v) is 21.0. The van der Waals surface area contributed by atoms with Crippen molar-refractivity contribution in [2.24, 2.45) is 0 Å². The number of carbonyl (C=O) groups excluding carboxylic acids is 1. The molecule has 9 heteroatoms. The molecule has 0 aliphatic heterocycles. The second-order valence-electron chi connectivity index (χ2n) is 7.48. The van der Waals surface area contributed by atoms with Crippen LogP contribution in [-0.2, 0) is 21.2 Å². The molecule has 6 nitrogen and oxygen atoms in total. The number of aryl methyl sites for hydroxylation is 1. The predicted octanol–water partition coefficient (Wildman–Crippen LogP) is 5.34. The van der Waals surface area contributed by atoms with Crippen LogP contribution in [0.3, 0.4) is 0 Å². The molecule has 0 aliphatic carbocycles. The maximum Gasteiger partial charge on any atom is 0.264 e. The van der Waals surface area contributed by atoms with E-state index >= 15 is 0 Å². The van der Waals surface area contributed by atoms with E-state index in [2.05, 4.69) is 5.32 Å². The molecule has 0 radical (unpaired) electrons. The van der Waals surface area contributed by atoms with Crippen LogP contribution < -0.4 is 14.4 Å². The Balaban J connectivity index is 1.65. The van der Waals surface area contributed by atoms with E-state index < -0.39 is 15.9 Å². The van der Waals surface area contributed by atoms with Gasteiger partial charge in [0.05, 0.1) is 17.2 Å². The number of anilines is 1. The molecule has 3 rings (SSSR count). The maximum absolute atomic E-state index is 13.3. The highest BCUT2D eigenvalue weighted by molar-refractivity contribution is 7.92. The third kappa shape index (κ3) is 7.13. The number of halogens is 2. The van der Waals surface area contributed by atoms with Crippen LogP contribution in [0.15, 0.2) is 77.7 Å². The van der Waals surface area contributed by atoms with Crippen molar-refractivity contribution in [3.8, 4) is 5.75 Å². The number of ether oxygens (including phenoxy) is 1. The first-order chi connectivity index (χ1) is 16.3. The van der Waals surface area contributed by atoms with Gasteiger partial charge in [0.25, 0.3) is 10.0 Å². The number of nitrogens with one attached hydrogen (secondary N) is 1. The van der Waals surface area contributed by atoms with Crippen LogP contribution in [0.4, 0.5) is 5.69 Å². The number of hydrogen-bond donors (Lipinski definition) is 1. The minimum Gasteiger partial charge on any atom is -0.494 e. The molecule has 1 N–H and O–H groups in total. The first-order valence-corrected chi connectivity index (χ1v) is 13.0. The van der Waals surface area contributed by atoms with Crippen molar-refractivity contribution in [2.45, 2.75) is 24.7 Å². The highest BCUT2D eigenvalue weighted by Gasteiger charge is 2.27. The monoisotopic (exact) mass is 520 g/mol. The summed E-state index contributed by atoms with van der Waals surface area (Å²) < 4.78 is 33.1. The number of rotatable bonds is 11. The van der Waals surface area contributed by atoms with Crippen LogP contribution in [0, 0.1) is 0 Å². The summed E-state index contributed by atoms with van der Waals surface area (Å²) in [5.41, 5.74) is 1.43. The molecule has 0 unspecified atom stereocenters. The minimum absolute atomic E-state index is 0.0279. The Morgan fingerprint density at radius 2 is 1.68 bits per heavy atom. The molecular weight excluding hydrogens is 495 g/mol. The fourth-order valence-electron chi connectivity index (χ4n) is 3.31. The molecule has 0 spiro atoms. The lowest BCUT2D eigenvalue weighted by Crippen LogP contribution is -2.41. The fraction of sp³-hybridized carbons (Fsp3) is 0.240. The van der Waals surface area contributed by atoms with Gasteiger partial charge in [0, 0.05) is 16.6 Å². The molecule has 3 aromatic rings. The molecule has 0 atom stereocenters. The van der Waals surface area contributed by atoms with E-state index in [-0.39, 0.29) is 11.4 Å². The van der Waals surface area contributed by atoms with Crippen LogP contribution in [0.25, 0.3) is 0 Å². The maximum atomic E-state index is 13.3. The van der Waals surface area contributed by atoms with Gasteiger partial charge < -0.3 is 10.1 Å². The number of hydrogen-bond acceptors (Lipinski definition) is 4. The third-order valence-corrected chi connectivity index (χ3v) is 7.26. The molecule has 34 heavy (non-hydrogen) atoms. The first-order valence-electron chi connectivity index (χ1n) is 10.8. The summed E-state index contributed by atoms with van der Waals surface area (Å²) >= 11 is 12.0. The van der Waals surface area contributed by atoms with E-state index in [1.807, 2.05) is 31.2 Å². The molecule has 0 saturated heterocycles. The number of amides is 1. The predicted molar refractivity (Wildman–Crippen MR) is 136 cm³/mol. The zero-order chi connectivity index (χ0) is 24.6. The van der Waals surface area contributed by atoms with Gasteiger partial charge in [-0.15, -0.1) is 0 Å². The Hall–Kier alpha value is -2.74. The summed E-state index contributed by atoms with van der Waals surface area (Å²) in [5.74, 6) is 0.409. The number of benzene rings is 3. The molecule has 180 valence electrons. The van der Waals surface area contributed by atoms with Gasteiger partial charge in [0.2, 0.25) is 5.91 Å². The summed E-state index contributed by atoms with van der Waals surface area (Å²) in [7, 11) is -4.02. The number of nitrogens with zero attached hydrogens (tertiary/aromatic N) is 1. The van der Waals surface area contributed by atoms with Crippen molar-refractivity contribution in [3.63, 3.8) is 0 Å². The summed E-state index contributed by atoms with van der Waals surface area (Å²) in [6, 6.07) is 20.0. The summed E-state index contributed by atoms with van der Waals surface area (Å²) in [6.07, 6.45) is 1.48. The zero-order valence-electron chi connectivity index (χ0n) is 18.7. The first kappa shape index (κ1) is 25.9. The summed E-state index contributed by atoms with van der Waals surface area (Å²) in [6.45, 7) is 2.58. The normalized spacial score (nSPS) is 11.1. The average molecular weight is 521 g/mol. The molecule has 0 aromatic heterocycles. The summed E-state index contributed by atoms with van der Waals surface area (Å²) in [5, 5.41) is 3.59. The van der Waals surface area contributed by atoms with Crippen LogP contribution in [-0.4, -0.2) is 34.0 Å². The minimum atomic E-state index is -4.02. The second-order valence-corrected chi connectivity index (χ2v) is 10.2. The van der Waals surface area contributed by atoms with Crippen molar-refractivity contribution in [1.82, 2.24) is 5.32 Å². The highest BCUT2D eigenvalue weighted by atomic mass is 35.5. The lowest BCUT2D eigenvalue weighted by atomic mass is 10.1. The molecular formula is C25H26Cl2N2O4S. The molecule has 0 saturated carbocycles. The van der Waals surface area contributed by atoms with E-state index in [9.17, 15) is 13.2 Å².